The first-order chi connectivity index (χ1) is 9.63. The van der Waals surface area contributed by atoms with Crippen molar-refractivity contribution in [3.63, 3.8) is 0 Å². The number of carbonyl (C=O) groups excluding carboxylic acids is 2. The summed E-state index contributed by atoms with van der Waals surface area (Å²) in [6.45, 7) is 3.54. The zero-order valence-electron chi connectivity index (χ0n) is 11.8. The molecule has 1 unspecified atom stereocenters. The van der Waals surface area contributed by atoms with Gasteiger partial charge in [-0.3, -0.25) is 19.9 Å². The van der Waals surface area contributed by atoms with Gasteiger partial charge in [0.25, 0.3) is 0 Å². The molecule has 7 nitrogen and oxygen atoms in total. The summed E-state index contributed by atoms with van der Waals surface area (Å²) in [6, 6.07) is 0. The monoisotopic (exact) mass is 284 g/mol. The number of carbonyl (C=O) groups is 2. The van der Waals surface area contributed by atoms with Crippen molar-refractivity contribution in [3.05, 3.63) is 0 Å². The van der Waals surface area contributed by atoms with Crippen LogP contribution in [0.5, 0.6) is 0 Å². The normalized spacial score (nSPS) is 24.9. The van der Waals surface area contributed by atoms with Crippen molar-refractivity contribution < 1.29 is 14.7 Å². The van der Waals surface area contributed by atoms with Crippen LogP contribution in [0, 0.1) is 11.8 Å². The molecule has 114 valence electrons. The molecule has 2 aliphatic rings. The topological polar surface area (TPSA) is 98.9 Å². The zero-order valence-corrected chi connectivity index (χ0v) is 11.8. The molecule has 0 bridgehead atoms. The lowest BCUT2D eigenvalue weighted by Gasteiger charge is -2.32. The highest BCUT2D eigenvalue weighted by Crippen LogP contribution is 2.19. The van der Waals surface area contributed by atoms with E-state index in [9.17, 15) is 9.59 Å². The number of nitrogens with zero attached hydrogens (tertiary/aromatic N) is 2. The van der Waals surface area contributed by atoms with E-state index in [-0.39, 0.29) is 24.3 Å². The standard InChI is InChI=1S/C13H24N4O3/c14-15-13(20)11-2-5-17(6-3-11)12(19)8-16-4-1-10(7-16)9-18/h10-11,18H,1-9,14H2,(H,15,20). The molecule has 0 saturated carbocycles. The molecule has 2 aliphatic heterocycles. The van der Waals surface area contributed by atoms with E-state index in [1.807, 2.05) is 4.90 Å². The Morgan fingerprint density at radius 2 is 1.90 bits per heavy atom. The molecule has 0 spiro atoms. The fraction of sp³-hybridized carbons (Fsp3) is 0.846. The molecule has 0 radical (unpaired) electrons. The van der Waals surface area contributed by atoms with Crippen LogP contribution >= 0.6 is 0 Å². The molecule has 0 aromatic rings. The number of rotatable bonds is 4. The van der Waals surface area contributed by atoms with Crippen LogP contribution in [0.2, 0.25) is 0 Å². The maximum atomic E-state index is 12.2. The van der Waals surface area contributed by atoms with Crippen LogP contribution in [-0.4, -0.2) is 66.1 Å². The van der Waals surface area contributed by atoms with Gasteiger partial charge in [0.15, 0.2) is 0 Å². The predicted octanol–water partition coefficient (Wildman–Crippen LogP) is -1.47. The third-order valence-electron chi connectivity index (χ3n) is 4.35. The van der Waals surface area contributed by atoms with Crippen LogP contribution in [0.3, 0.4) is 0 Å². The lowest BCUT2D eigenvalue weighted by atomic mass is 9.96. The van der Waals surface area contributed by atoms with Crippen LogP contribution < -0.4 is 11.3 Å². The van der Waals surface area contributed by atoms with E-state index in [2.05, 4.69) is 10.3 Å². The summed E-state index contributed by atoms with van der Waals surface area (Å²) in [7, 11) is 0. The lowest BCUT2D eigenvalue weighted by Crippen LogP contribution is -2.47. The van der Waals surface area contributed by atoms with Gasteiger partial charge in [0.1, 0.15) is 0 Å². The average Bonchev–Trinajstić information content (AvgIpc) is 2.94. The Hall–Kier alpha value is -1.18. The molecular weight excluding hydrogens is 260 g/mol. The maximum absolute atomic E-state index is 12.2. The Labute approximate surface area is 119 Å². The summed E-state index contributed by atoms with van der Waals surface area (Å²) >= 11 is 0. The molecule has 2 amide bonds. The molecule has 0 aliphatic carbocycles. The number of hydrogen-bond donors (Lipinski definition) is 3. The van der Waals surface area contributed by atoms with Gasteiger partial charge in [0.05, 0.1) is 6.54 Å². The van der Waals surface area contributed by atoms with Gasteiger partial charge in [0, 0.05) is 32.2 Å². The predicted molar refractivity (Wildman–Crippen MR) is 73.3 cm³/mol. The Balaban J connectivity index is 1.73. The van der Waals surface area contributed by atoms with E-state index < -0.39 is 0 Å². The minimum Gasteiger partial charge on any atom is -0.396 e. The van der Waals surface area contributed by atoms with E-state index >= 15 is 0 Å². The highest BCUT2D eigenvalue weighted by molar-refractivity contribution is 5.80. The fourth-order valence-corrected chi connectivity index (χ4v) is 3.01. The molecule has 2 saturated heterocycles. The summed E-state index contributed by atoms with van der Waals surface area (Å²) in [6.07, 6.45) is 2.31. The highest BCUT2D eigenvalue weighted by Gasteiger charge is 2.29. The third-order valence-corrected chi connectivity index (χ3v) is 4.35. The first kappa shape index (κ1) is 15.2. The Kier molecular flexibility index (Phi) is 5.33. The first-order valence-electron chi connectivity index (χ1n) is 7.25. The molecule has 1 atom stereocenters. The number of likely N-dealkylation sites (tertiary alicyclic amines) is 2. The van der Waals surface area contributed by atoms with Crippen molar-refractivity contribution in [2.24, 2.45) is 17.7 Å². The van der Waals surface area contributed by atoms with Crippen molar-refractivity contribution in [1.82, 2.24) is 15.2 Å². The summed E-state index contributed by atoms with van der Waals surface area (Å²) in [5, 5.41) is 9.10. The Morgan fingerprint density at radius 3 is 2.45 bits per heavy atom. The zero-order chi connectivity index (χ0) is 14.5. The van der Waals surface area contributed by atoms with Gasteiger partial charge < -0.3 is 10.0 Å². The van der Waals surface area contributed by atoms with Crippen LogP contribution in [0.15, 0.2) is 0 Å². The summed E-state index contributed by atoms with van der Waals surface area (Å²) < 4.78 is 0. The maximum Gasteiger partial charge on any atom is 0.237 e. The van der Waals surface area contributed by atoms with Crippen LogP contribution in [0.4, 0.5) is 0 Å². The van der Waals surface area contributed by atoms with E-state index in [0.717, 1.165) is 19.5 Å². The van der Waals surface area contributed by atoms with Crippen LogP contribution in [0.25, 0.3) is 0 Å². The lowest BCUT2D eigenvalue weighted by molar-refractivity contribution is -0.136. The Bertz CT molecular complexity index is 356. The molecule has 4 N–H and O–H groups in total. The van der Waals surface area contributed by atoms with E-state index in [0.29, 0.717) is 38.4 Å². The number of hydrazine groups is 1. The number of nitrogens with one attached hydrogen (secondary N) is 1. The van der Waals surface area contributed by atoms with Crippen molar-refractivity contribution in [3.8, 4) is 0 Å². The van der Waals surface area contributed by atoms with E-state index in [4.69, 9.17) is 10.9 Å². The molecule has 0 aromatic heterocycles. The second-order valence-corrected chi connectivity index (χ2v) is 5.74. The van der Waals surface area contributed by atoms with Crippen LogP contribution in [0.1, 0.15) is 19.3 Å². The summed E-state index contributed by atoms with van der Waals surface area (Å²) in [5.74, 6) is 5.34. The SMILES string of the molecule is NNC(=O)C1CCN(C(=O)CN2CCC(CO)C2)CC1. The van der Waals surface area contributed by atoms with Crippen LogP contribution in [-0.2, 0) is 9.59 Å². The molecule has 2 fully saturated rings. The van der Waals surface area contributed by atoms with Gasteiger partial charge in [-0.25, -0.2) is 5.84 Å². The quantitative estimate of drug-likeness (QED) is 0.332. The molecular formula is C13H24N4O3. The molecule has 7 heteroatoms. The minimum atomic E-state index is -0.137. The largest absolute Gasteiger partial charge is 0.396 e. The smallest absolute Gasteiger partial charge is 0.237 e. The number of aliphatic hydroxyl groups is 1. The highest BCUT2D eigenvalue weighted by atomic mass is 16.3. The number of amides is 2. The van der Waals surface area contributed by atoms with Crippen molar-refractivity contribution in [2.75, 3.05) is 39.3 Å². The van der Waals surface area contributed by atoms with Gasteiger partial charge in [-0.1, -0.05) is 0 Å². The molecule has 0 aromatic carbocycles. The number of piperidine rings is 1. The van der Waals surface area contributed by atoms with Gasteiger partial charge >= 0.3 is 0 Å². The van der Waals surface area contributed by atoms with E-state index in [1.54, 1.807) is 0 Å². The van der Waals surface area contributed by atoms with Gasteiger partial charge in [-0.05, 0) is 31.7 Å². The molecule has 2 rings (SSSR count). The molecule has 20 heavy (non-hydrogen) atoms. The third kappa shape index (κ3) is 3.68. The Morgan fingerprint density at radius 1 is 1.20 bits per heavy atom. The first-order valence-corrected chi connectivity index (χ1v) is 7.25. The number of nitrogens with two attached hydrogens (primary N) is 1. The van der Waals surface area contributed by atoms with Gasteiger partial charge in [-0.2, -0.15) is 0 Å². The van der Waals surface area contributed by atoms with Crippen molar-refractivity contribution in [1.29, 1.82) is 0 Å². The van der Waals surface area contributed by atoms with E-state index in [1.165, 1.54) is 0 Å². The number of hydrogen-bond acceptors (Lipinski definition) is 5. The average molecular weight is 284 g/mol. The second-order valence-electron chi connectivity index (χ2n) is 5.74. The second kappa shape index (κ2) is 7.01. The summed E-state index contributed by atoms with van der Waals surface area (Å²) in [5.41, 5.74) is 2.17. The summed E-state index contributed by atoms with van der Waals surface area (Å²) in [4.78, 5) is 27.5. The van der Waals surface area contributed by atoms with Gasteiger partial charge in [0.2, 0.25) is 11.8 Å². The van der Waals surface area contributed by atoms with Crippen molar-refractivity contribution in [2.45, 2.75) is 19.3 Å². The van der Waals surface area contributed by atoms with Gasteiger partial charge in [-0.15, -0.1) is 0 Å². The minimum absolute atomic E-state index is 0.0744. The number of aliphatic hydroxyl groups excluding tert-OH is 1. The molecule has 2 heterocycles. The van der Waals surface area contributed by atoms with Crippen molar-refractivity contribution >= 4 is 11.8 Å². The fourth-order valence-electron chi connectivity index (χ4n) is 3.01.